The van der Waals surface area contributed by atoms with Gasteiger partial charge in [-0.15, -0.1) is 11.6 Å². The van der Waals surface area contributed by atoms with E-state index in [1.165, 1.54) is 0 Å². The average molecular weight is 268 g/mol. The van der Waals surface area contributed by atoms with Crippen molar-refractivity contribution in [2.45, 2.75) is 16.1 Å². The highest BCUT2D eigenvalue weighted by atomic mass is 35.6. The highest BCUT2D eigenvalue weighted by Gasteiger charge is 2.40. The fourth-order valence-electron chi connectivity index (χ4n) is 0.466. The highest BCUT2D eigenvalue weighted by molar-refractivity contribution is 6.78. The van der Waals surface area contributed by atoms with Crippen LogP contribution in [0.5, 0.6) is 0 Å². The number of hydrogen-bond donors (Lipinski definition) is 0. The summed E-state index contributed by atoms with van der Waals surface area (Å²) >= 11 is 21.0. The lowest BCUT2D eigenvalue weighted by Crippen LogP contribution is -2.35. The molecule has 0 aromatic carbocycles. The highest BCUT2D eigenvalue weighted by Crippen LogP contribution is 2.30. The van der Waals surface area contributed by atoms with Crippen molar-refractivity contribution in [2.24, 2.45) is 0 Å². The quantitative estimate of drug-likeness (QED) is 0.447. The van der Waals surface area contributed by atoms with Gasteiger partial charge in [0.2, 0.25) is 5.78 Å². The molecule has 0 rings (SSSR count). The largest absolute Gasteiger partial charge is 0.465 e. The van der Waals surface area contributed by atoms with Crippen LogP contribution in [0.15, 0.2) is 0 Å². The molecule has 0 fully saturated rings. The number of alkyl halides is 4. The van der Waals surface area contributed by atoms with Crippen molar-refractivity contribution in [3.63, 3.8) is 0 Å². The Bertz CT molecular complexity index is 210. The Labute approximate surface area is 95.2 Å². The smallest absolute Gasteiger partial charge is 0.331 e. The van der Waals surface area contributed by atoms with Crippen LogP contribution in [0.4, 0.5) is 0 Å². The molecule has 13 heavy (non-hydrogen) atoms. The lowest BCUT2D eigenvalue weighted by atomic mass is 10.3. The lowest BCUT2D eigenvalue weighted by molar-refractivity contribution is -0.144. The molecule has 7 heteroatoms. The first-order valence-electron chi connectivity index (χ1n) is 3.22. The van der Waals surface area contributed by atoms with Crippen molar-refractivity contribution in [3.05, 3.63) is 0 Å². The number of hydrogen-bond acceptors (Lipinski definition) is 3. The monoisotopic (exact) mass is 266 g/mol. The zero-order valence-electron chi connectivity index (χ0n) is 6.52. The summed E-state index contributed by atoms with van der Waals surface area (Å²) < 4.78 is 2.26. The lowest BCUT2D eigenvalue weighted by Gasteiger charge is -2.12. The molecule has 0 bridgehead atoms. The number of carbonyl (C=O) groups excluding carboxylic acids is 2. The van der Waals surface area contributed by atoms with Gasteiger partial charge in [0.05, 0.1) is 6.61 Å². The molecule has 0 amide bonds. The number of carbonyl (C=O) groups is 2. The molecular weight excluding hydrogens is 262 g/mol. The van der Waals surface area contributed by atoms with Gasteiger partial charge in [-0.3, -0.25) is 4.79 Å². The summed E-state index contributed by atoms with van der Waals surface area (Å²) in [5.74, 6) is -1.93. The summed E-state index contributed by atoms with van der Waals surface area (Å²) in [7, 11) is 0. The van der Waals surface area contributed by atoms with Gasteiger partial charge in [-0.1, -0.05) is 34.8 Å². The molecule has 1 atom stereocenters. The first-order chi connectivity index (χ1) is 5.80. The van der Waals surface area contributed by atoms with E-state index in [0.717, 1.165) is 0 Å². The Balaban J connectivity index is 4.35. The number of esters is 1. The molecule has 76 valence electrons. The van der Waals surface area contributed by atoms with Gasteiger partial charge in [0.25, 0.3) is 3.79 Å². The molecule has 0 aliphatic carbocycles. The van der Waals surface area contributed by atoms with Gasteiger partial charge in [-0.05, 0) is 6.92 Å². The van der Waals surface area contributed by atoms with Gasteiger partial charge >= 0.3 is 5.97 Å². The number of rotatable bonds is 3. The van der Waals surface area contributed by atoms with Gasteiger partial charge in [-0.2, -0.15) is 0 Å². The van der Waals surface area contributed by atoms with Crippen LogP contribution in [0.2, 0.25) is 0 Å². The molecule has 0 aromatic rings. The Morgan fingerprint density at radius 1 is 1.38 bits per heavy atom. The first-order valence-corrected chi connectivity index (χ1v) is 4.79. The maximum Gasteiger partial charge on any atom is 0.331 e. The summed E-state index contributed by atoms with van der Waals surface area (Å²) in [5, 5.41) is -1.58. The Hall–Kier alpha value is 0.300. The molecule has 1 unspecified atom stereocenters. The third kappa shape index (κ3) is 4.36. The van der Waals surface area contributed by atoms with Crippen molar-refractivity contribution >= 4 is 58.2 Å². The fraction of sp³-hybridized carbons (Fsp3) is 0.667. The maximum absolute atomic E-state index is 11.1. The average Bonchev–Trinajstić information content (AvgIpc) is 2.00. The molecule has 0 N–H and O–H groups in total. The Kier molecular flexibility index (Phi) is 5.37. The number of ether oxygens (including phenoxy) is 1. The van der Waals surface area contributed by atoms with E-state index in [2.05, 4.69) is 4.74 Å². The number of Topliss-reactive ketones (excluding diaryl/α,β-unsaturated/α-hetero) is 1. The van der Waals surface area contributed by atoms with E-state index in [1.807, 2.05) is 0 Å². The van der Waals surface area contributed by atoms with Crippen LogP contribution in [-0.4, -0.2) is 27.5 Å². The molecule has 0 saturated heterocycles. The summed E-state index contributed by atoms with van der Waals surface area (Å²) in [6.45, 7) is 1.68. The Morgan fingerprint density at radius 3 is 2.15 bits per heavy atom. The summed E-state index contributed by atoms with van der Waals surface area (Å²) in [6, 6.07) is 0. The van der Waals surface area contributed by atoms with Crippen LogP contribution in [0, 0.1) is 0 Å². The summed E-state index contributed by atoms with van der Waals surface area (Å²) in [4.78, 5) is 21.9. The van der Waals surface area contributed by atoms with E-state index in [-0.39, 0.29) is 6.61 Å². The minimum Gasteiger partial charge on any atom is -0.465 e. The third-order valence-electron chi connectivity index (χ3n) is 1.00. The molecule has 0 radical (unpaired) electrons. The molecular formula is C6H6Cl4O3. The first kappa shape index (κ1) is 13.3. The molecule has 0 aromatic heterocycles. The predicted molar refractivity (Wildman–Crippen MR) is 51.6 cm³/mol. The molecule has 0 aliphatic rings. The minimum absolute atomic E-state index is 0.106. The van der Waals surface area contributed by atoms with Gasteiger partial charge in [-0.25, -0.2) is 4.79 Å². The summed E-state index contributed by atoms with van der Waals surface area (Å²) in [6.07, 6.45) is 0. The van der Waals surface area contributed by atoms with Crippen LogP contribution >= 0.6 is 46.4 Å². The SMILES string of the molecule is CCOC(=O)C(Cl)C(=O)C(Cl)(Cl)Cl. The van der Waals surface area contributed by atoms with Crippen LogP contribution in [0.1, 0.15) is 6.92 Å². The topological polar surface area (TPSA) is 43.4 Å². The second kappa shape index (κ2) is 5.25. The van der Waals surface area contributed by atoms with Crippen molar-refractivity contribution < 1.29 is 14.3 Å². The van der Waals surface area contributed by atoms with Crippen LogP contribution in [-0.2, 0) is 14.3 Å². The van der Waals surface area contributed by atoms with Crippen molar-refractivity contribution in [3.8, 4) is 0 Å². The van der Waals surface area contributed by atoms with E-state index in [9.17, 15) is 9.59 Å². The second-order valence-electron chi connectivity index (χ2n) is 1.98. The van der Waals surface area contributed by atoms with Crippen LogP contribution < -0.4 is 0 Å². The van der Waals surface area contributed by atoms with E-state index < -0.39 is 20.9 Å². The predicted octanol–water partition coefficient (Wildman–Crippen LogP) is 2.10. The molecule has 0 spiro atoms. The van der Waals surface area contributed by atoms with E-state index in [1.54, 1.807) is 6.92 Å². The minimum atomic E-state index is -2.20. The molecule has 0 heterocycles. The fourth-order valence-corrected chi connectivity index (χ4v) is 1.19. The van der Waals surface area contributed by atoms with Gasteiger partial charge in [0.15, 0.2) is 5.38 Å². The van der Waals surface area contributed by atoms with Crippen LogP contribution in [0.25, 0.3) is 0 Å². The van der Waals surface area contributed by atoms with Crippen LogP contribution in [0.3, 0.4) is 0 Å². The second-order valence-corrected chi connectivity index (χ2v) is 4.69. The molecule has 0 aliphatic heterocycles. The molecule has 0 saturated carbocycles. The maximum atomic E-state index is 11.1. The van der Waals surface area contributed by atoms with Gasteiger partial charge < -0.3 is 4.74 Å². The zero-order valence-corrected chi connectivity index (χ0v) is 9.54. The van der Waals surface area contributed by atoms with Crippen molar-refractivity contribution in [1.82, 2.24) is 0 Å². The van der Waals surface area contributed by atoms with Crippen molar-refractivity contribution in [1.29, 1.82) is 0 Å². The number of ketones is 1. The van der Waals surface area contributed by atoms with Crippen molar-refractivity contribution in [2.75, 3.05) is 6.61 Å². The van der Waals surface area contributed by atoms with E-state index in [0.29, 0.717) is 0 Å². The normalized spacial score (nSPS) is 13.6. The zero-order chi connectivity index (χ0) is 10.6. The molecule has 3 nitrogen and oxygen atoms in total. The van der Waals surface area contributed by atoms with Gasteiger partial charge in [0.1, 0.15) is 0 Å². The van der Waals surface area contributed by atoms with E-state index >= 15 is 0 Å². The van der Waals surface area contributed by atoms with E-state index in [4.69, 9.17) is 46.4 Å². The Morgan fingerprint density at radius 2 is 1.85 bits per heavy atom. The van der Waals surface area contributed by atoms with Gasteiger partial charge in [0, 0.05) is 0 Å². The summed E-state index contributed by atoms with van der Waals surface area (Å²) in [5.41, 5.74) is 0. The third-order valence-corrected chi connectivity index (χ3v) is 1.94. The standard InChI is InChI=1S/C6H6Cl4O3/c1-2-13-5(12)3(7)4(11)6(8,9)10/h3H,2H2,1H3. The number of halogens is 4.